The minimum absolute atomic E-state index is 0.199. The third kappa shape index (κ3) is 4.41. The van der Waals surface area contributed by atoms with Gasteiger partial charge in [0.15, 0.2) is 11.5 Å². The fraction of sp³-hybridized carbons (Fsp3) is 0.333. The molecule has 0 atom stereocenters. The summed E-state index contributed by atoms with van der Waals surface area (Å²) in [6.45, 7) is 1.31. The second-order valence-corrected chi connectivity index (χ2v) is 8.74. The minimum atomic E-state index is -3.52. The SMILES string of the molecule is O=S(=O)(NCCSCc1cccs1)c1ccc2c(c1)OCCO2. The lowest BCUT2D eigenvalue weighted by molar-refractivity contribution is 0.171. The first-order valence-corrected chi connectivity index (χ1v) is 10.7. The summed E-state index contributed by atoms with van der Waals surface area (Å²) in [4.78, 5) is 1.50. The highest BCUT2D eigenvalue weighted by molar-refractivity contribution is 7.98. The Balaban J connectivity index is 1.52. The van der Waals surface area contributed by atoms with Crippen LogP contribution in [0.25, 0.3) is 0 Å². The molecule has 2 aromatic rings. The highest BCUT2D eigenvalue weighted by atomic mass is 32.2. The number of ether oxygens (including phenoxy) is 2. The van der Waals surface area contributed by atoms with Crippen molar-refractivity contribution in [1.82, 2.24) is 4.72 Å². The predicted molar refractivity (Wildman–Crippen MR) is 93.1 cm³/mol. The molecule has 0 aliphatic carbocycles. The number of benzene rings is 1. The largest absolute Gasteiger partial charge is 0.486 e. The second-order valence-electron chi connectivity index (χ2n) is 4.84. The predicted octanol–water partition coefficient (Wildman–Crippen LogP) is 2.73. The Morgan fingerprint density at radius 1 is 1.17 bits per heavy atom. The highest BCUT2D eigenvalue weighted by Gasteiger charge is 2.18. The van der Waals surface area contributed by atoms with Crippen molar-refractivity contribution < 1.29 is 17.9 Å². The quantitative estimate of drug-likeness (QED) is 0.758. The van der Waals surface area contributed by atoms with E-state index in [2.05, 4.69) is 10.8 Å². The van der Waals surface area contributed by atoms with Crippen LogP contribution in [0.1, 0.15) is 4.88 Å². The first-order valence-electron chi connectivity index (χ1n) is 7.14. The van der Waals surface area contributed by atoms with E-state index >= 15 is 0 Å². The maximum absolute atomic E-state index is 12.3. The molecule has 1 aliphatic heterocycles. The van der Waals surface area contributed by atoms with Crippen LogP contribution in [0.4, 0.5) is 0 Å². The van der Waals surface area contributed by atoms with E-state index in [1.165, 1.54) is 17.0 Å². The van der Waals surface area contributed by atoms with E-state index in [4.69, 9.17) is 9.47 Å². The van der Waals surface area contributed by atoms with Crippen LogP contribution in [-0.2, 0) is 15.8 Å². The Bertz CT molecular complexity index is 744. The lowest BCUT2D eigenvalue weighted by Gasteiger charge is -2.18. The first kappa shape index (κ1) is 16.6. The molecule has 5 nitrogen and oxygen atoms in total. The smallest absolute Gasteiger partial charge is 0.240 e. The standard InChI is InChI=1S/C15H17NO4S3/c17-23(18,16-5-9-21-11-12-2-1-8-22-12)13-3-4-14-15(10-13)20-7-6-19-14/h1-4,8,10,16H,5-7,9,11H2. The van der Waals surface area contributed by atoms with Crippen molar-refractivity contribution >= 4 is 33.1 Å². The van der Waals surface area contributed by atoms with Crippen LogP contribution in [0.2, 0.25) is 0 Å². The summed E-state index contributed by atoms with van der Waals surface area (Å²) in [5.74, 6) is 2.69. The van der Waals surface area contributed by atoms with Crippen LogP contribution in [0, 0.1) is 0 Å². The van der Waals surface area contributed by atoms with E-state index in [1.807, 2.05) is 11.4 Å². The van der Waals surface area contributed by atoms with Crippen LogP contribution in [0.3, 0.4) is 0 Å². The number of nitrogens with one attached hydrogen (secondary N) is 1. The molecule has 1 N–H and O–H groups in total. The van der Waals surface area contributed by atoms with E-state index < -0.39 is 10.0 Å². The van der Waals surface area contributed by atoms with Gasteiger partial charge in [-0.15, -0.1) is 11.3 Å². The summed E-state index contributed by atoms with van der Waals surface area (Å²) >= 11 is 3.42. The van der Waals surface area contributed by atoms with Gasteiger partial charge in [-0.05, 0) is 23.6 Å². The summed E-state index contributed by atoms with van der Waals surface area (Å²) in [6.07, 6.45) is 0. The Kier molecular flexibility index (Phi) is 5.47. The van der Waals surface area contributed by atoms with E-state index in [0.717, 1.165) is 11.5 Å². The number of fused-ring (bicyclic) bond motifs is 1. The topological polar surface area (TPSA) is 64.6 Å². The maximum atomic E-state index is 12.3. The molecular weight excluding hydrogens is 354 g/mol. The van der Waals surface area contributed by atoms with Gasteiger partial charge in [0.2, 0.25) is 10.0 Å². The molecule has 0 unspecified atom stereocenters. The number of rotatable bonds is 7. The lowest BCUT2D eigenvalue weighted by atomic mass is 10.3. The summed E-state index contributed by atoms with van der Waals surface area (Å²) < 4.78 is 38.0. The zero-order valence-electron chi connectivity index (χ0n) is 12.4. The van der Waals surface area contributed by atoms with E-state index in [1.54, 1.807) is 29.2 Å². The molecule has 1 aliphatic rings. The first-order chi connectivity index (χ1) is 11.1. The van der Waals surface area contributed by atoms with Gasteiger partial charge in [-0.3, -0.25) is 0 Å². The highest BCUT2D eigenvalue weighted by Crippen LogP contribution is 2.32. The summed E-state index contributed by atoms with van der Waals surface area (Å²) in [7, 11) is -3.52. The van der Waals surface area contributed by atoms with Crippen molar-refractivity contribution in [3.8, 4) is 11.5 Å². The molecule has 0 saturated carbocycles. The van der Waals surface area contributed by atoms with E-state index in [9.17, 15) is 8.42 Å². The van der Waals surface area contributed by atoms with Gasteiger partial charge < -0.3 is 9.47 Å². The van der Waals surface area contributed by atoms with Crippen molar-refractivity contribution in [2.75, 3.05) is 25.5 Å². The Hall–Kier alpha value is -1.22. The molecule has 2 heterocycles. The summed E-state index contributed by atoms with van der Waals surface area (Å²) in [5.41, 5.74) is 0. The number of hydrogen-bond donors (Lipinski definition) is 1. The van der Waals surface area contributed by atoms with Crippen LogP contribution >= 0.6 is 23.1 Å². The number of hydrogen-bond acceptors (Lipinski definition) is 6. The third-order valence-corrected chi connectivity index (χ3v) is 6.71. The van der Waals surface area contributed by atoms with Crippen molar-refractivity contribution in [3.63, 3.8) is 0 Å². The molecular formula is C15H17NO4S3. The van der Waals surface area contributed by atoms with Gasteiger partial charge in [-0.1, -0.05) is 6.07 Å². The zero-order valence-corrected chi connectivity index (χ0v) is 14.8. The van der Waals surface area contributed by atoms with Gasteiger partial charge in [0.25, 0.3) is 0 Å². The summed E-state index contributed by atoms with van der Waals surface area (Å²) in [6, 6.07) is 8.78. The van der Waals surface area contributed by atoms with Crippen molar-refractivity contribution in [2.24, 2.45) is 0 Å². The van der Waals surface area contributed by atoms with Crippen LogP contribution in [-0.4, -0.2) is 33.9 Å². The molecule has 0 fully saturated rings. The van der Waals surface area contributed by atoms with Gasteiger partial charge in [0.05, 0.1) is 4.90 Å². The molecule has 0 radical (unpaired) electrons. The van der Waals surface area contributed by atoms with Gasteiger partial charge in [0, 0.05) is 29.0 Å². The van der Waals surface area contributed by atoms with Crippen molar-refractivity contribution in [2.45, 2.75) is 10.6 Å². The monoisotopic (exact) mass is 371 g/mol. The molecule has 3 rings (SSSR count). The average molecular weight is 372 g/mol. The van der Waals surface area contributed by atoms with Gasteiger partial charge in [-0.2, -0.15) is 11.8 Å². The normalized spacial score (nSPS) is 13.9. The lowest BCUT2D eigenvalue weighted by Crippen LogP contribution is -2.26. The minimum Gasteiger partial charge on any atom is -0.486 e. The Morgan fingerprint density at radius 2 is 2.00 bits per heavy atom. The number of sulfonamides is 1. The molecule has 1 aromatic carbocycles. The van der Waals surface area contributed by atoms with Crippen LogP contribution < -0.4 is 14.2 Å². The van der Waals surface area contributed by atoms with Gasteiger partial charge in [0.1, 0.15) is 13.2 Å². The van der Waals surface area contributed by atoms with Crippen LogP contribution in [0.5, 0.6) is 11.5 Å². The molecule has 0 spiro atoms. The van der Waals surface area contributed by atoms with Gasteiger partial charge >= 0.3 is 0 Å². The van der Waals surface area contributed by atoms with Gasteiger partial charge in [-0.25, -0.2) is 13.1 Å². The zero-order chi connectivity index (χ0) is 16.1. The van der Waals surface area contributed by atoms with E-state index in [0.29, 0.717) is 31.3 Å². The summed E-state index contributed by atoms with van der Waals surface area (Å²) in [5, 5.41) is 2.04. The molecule has 124 valence electrons. The maximum Gasteiger partial charge on any atom is 0.240 e. The van der Waals surface area contributed by atoms with E-state index in [-0.39, 0.29) is 4.90 Å². The van der Waals surface area contributed by atoms with Crippen LogP contribution in [0.15, 0.2) is 40.6 Å². The second kappa shape index (κ2) is 7.57. The number of thioether (sulfide) groups is 1. The Morgan fingerprint density at radius 3 is 2.78 bits per heavy atom. The molecule has 8 heteroatoms. The fourth-order valence-corrected chi connectivity index (χ4v) is 4.97. The third-order valence-electron chi connectivity index (χ3n) is 3.19. The molecule has 1 aromatic heterocycles. The molecule has 0 bridgehead atoms. The van der Waals surface area contributed by atoms with Crippen molar-refractivity contribution in [3.05, 3.63) is 40.6 Å². The average Bonchev–Trinajstić information content (AvgIpc) is 3.07. The number of thiophene rings is 1. The molecule has 23 heavy (non-hydrogen) atoms. The Labute approximate surface area is 144 Å². The molecule has 0 amide bonds. The molecule has 0 saturated heterocycles. The van der Waals surface area contributed by atoms with Crippen molar-refractivity contribution in [1.29, 1.82) is 0 Å². The fourth-order valence-electron chi connectivity index (χ4n) is 2.09.